The number of para-hydroxylation sites is 2. The zero-order valence-electron chi connectivity index (χ0n) is 12.4. The van der Waals surface area contributed by atoms with Crippen LogP contribution in [0.3, 0.4) is 0 Å². The van der Waals surface area contributed by atoms with Crippen molar-refractivity contribution in [2.45, 2.75) is 12.8 Å². The number of benzene rings is 2. The molecule has 0 bridgehead atoms. The van der Waals surface area contributed by atoms with Crippen molar-refractivity contribution in [1.29, 1.82) is 0 Å². The Bertz CT molecular complexity index is 779. The summed E-state index contributed by atoms with van der Waals surface area (Å²) in [5.74, 6) is 1.70. The van der Waals surface area contributed by atoms with E-state index in [1.165, 1.54) is 12.8 Å². The first-order valence-corrected chi connectivity index (χ1v) is 7.74. The van der Waals surface area contributed by atoms with Gasteiger partial charge in [-0.2, -0.15) is 4.98 Å². The molecule has 0 unspecified atom stereocenters. The van der Waals surface area contributed by atoms with Crippen molar-refractivity contribution >= 4 is 28.4 Å². The molecule has 3 aromatic rings. The number of nitrogens with one attached hydrogen (secondary N) is 1. The van der Waals surface area contributed by atoms with Gasteiger partial charge in [-0.25, -0.2) is 4.98 Å². The van der Waals surface area contributed by atoms with Gasteiger partial charge in [-0.05, 0) is 37.1 Å². The Kier molecular flexibility index (Phi) is 3.35. The fraction of sp³-hybridized carbons (Fsp3) is 0.222. The van der Waals surface area contributed by atoms with E-state index in [9.17, 15) is 0 Å². The molecule has 22 heavy (non-hydrogen) atoms. The van der Waals surface area contributed by atoms with E-state index < -0.39 is 0 Å². The lowest BCUT2D eigenvalue weighted by atomic mass is 10.2. The lowest BCUT2D eigenvalue weighted by molar-refractivity contribution is 0.909. The molecule has 2 aromatic carbocycles. The fourth-order valence-corrected chi connectivity index (χ4v) is 2.88. The van der Waals surface area contributed by atoms with Gasteiger partial charge in [-0.1, -0.05) is 30.3 Å². The molecule has 1 aliphatic rings. The van der Waals surface area contributed by atoms with E-state index in [1.54, 1.807) is 0 Å². The summed E-state index contributed by atoms with van der Waals surface area (Å²) in [5, 5.41) is 4.48. The van der Waals surface area contributed by atoms with E-state index in [0.29, 0.717) is 0 Å². The minimum Gasteiger partial charge on any atom is -0.341 e. The van der Waals surface area contributed by atoms with Crippen LogP contribution in [0.2, 0.25) is 0 Å². The molecule has 0 radical (unpaired) electrons. The van der Waals surface area contributed by atoms with Crippen molar-refractivity contribution in [3.8, 4) is 0 Å². The first-order valence-electron chi connectivity index (χ1n) is 7.74. The second kappa shape index (κ2) is 5.64. The molecule has 4 rings (SSSR count). The summed E-state index contributed by atoms with van der Waals surface area (Å²) in [5.41, 5.74) is 2.02. The Hall–Kier alpha value is -2.62. The summed E-state index contributed by atoms with van der Waals surface area (Å²) in [7, 11) is 0. The van der Waals surface area contributed by atoms with E-state index in [-0.39, 0.29) is 0 Å². The van der Waals surface area contributed by atoms with Gasteiger partial charge in [0.1, 0.15) is 5.82 Å². The first-order chi connectivity index (χ1) is 10.9. The molecule has 2 heterocycles. The summed E-state index contributed by atoms with van der Waals surface area (Å²) in [6.45, 7) is 2.09. The number of hydrogen-bond donors (Lipinski definition) is 1. The third-order valence-electron chi connectivity index (χ3n) is 4.02. The van der Waals surface area contributed by atoms with Gasteiger partial charge < -0.3 is 10.2 Å². The van der Waals surface area contributed by atoms with Gasteiger partial charge in [0.25, 0.3) is 0 Å². The number of hydrogen-bond acceptors (Lipinski definition) is 4. The first kappa shape index (κ1) is 13.1. The molecule has 0 amide bonds. The Balaban J connectivity index is 1.80. The van der Waals surface area contributed by atoms with Gasteiger partial charge >= 0.3 is 0 Å². The average Bonchev–Trinajstić information content (AvgIpc) is 3.10. The maximum atomic E-state index is 4.78. The zero-order chi connectivity index (χ0) is 14.8. The summed E-state index contributed by atoms with van der Waals surface area (Å²) in [6, 6.07) is 18.3. The van der Waals surface area contributed by atoms with Crippen molar-refractivity contribution in [3.63, 3.8) is 0 Å². The highest BCUT2D eigenvalue weighted by Gasteiger charge is 2.17. The predicted octanol–water partition coefficient (Wildman–Crippen LogP) is 3.97. The number of nitrogens with zero attached hydrogens (tertiary/aromatic N) is 3. The monoisotopic (exact) mass is 290 g/mol. The van der Waals surface area contributed by atoms with Crippen molar-refractivity contribution < 1.29 is 0 Å². The molecule has 0 atom stereocenters. The molecule has 110 valence electrons. The van der Waals surface area contributed by atoms with Crippen molar-refractivity contribution in [1.82, 2.24) is 9.97 Å². The van der Waals surface area contributed by atoms with Crippen LogP contribution in [-0.2, 0) is 0 Å². The smallest absolute Gasteiger partial charge is 0.227 e. The average molecular weight is 290 g/mol. The van der Waals surface area contributed by atoms with E-state index in [2.05, 4.69) is 16.3 Å². The molecule has 0 spiro atoms. The number of fused-ring (bicyclic) bond motifs is 1. The summed E-state index contributed by atoms with van der Waals surface area (Å²) < 4.78 is 0. The standard InChI is InChI=1S/C18H18N4/c1-2-8-14(9-3-1)19-17-15-10-4-5-11-16(15)20-18(21-17)22-12-6-7-13-22/h1-5,8-11H,6-7,12-13H2,(H,19,20,21). The van der Waals surface area contributed by atoms with Crippen LogP contribution in [0.4, 0.5) is 17.5 Å². The van der Waals surface area contributed by atoms with Crippen molar-refractivity contribution in [2.75, 3.05) is 23.3 Å². The molecular formula is C18H18N4. The Morgan fingerprint density at radius 3 is 2.36 bits per heavy atom. The molecule has 1 saturated heterocycles. The molecule has 1 aliphatic heterocycles. The lowest BCUT2D eigenvalue weighted by Gasteiger charge is -2.17. The number of anilines is 3. The van der Waals surface area contributed by atoms with Gasteiger partial charge in [0.2, 0.25) is 5.95 Å². The summed E-state index contributed by atoms with van der Waals surface area (Å²) >= 11 is 0. The maximum Gasteiger partial charge on any atom is 0.227 e. The molecule has 1 aromatic heterocycles. The molecule has 1 fully saturated rings. The Labute approximate surface area is 129 Å². The number of aromatic nitrogens is 2. The van der Waals surface area contributed by atoms with Crippen LogP contribution in [0, 0.1) is 0 Å². The molecule has 4 nitrogen and oxygen atoms in total. The van der Waals surface area contributed by atoms with Crippen LogP contribution in [0.15, 0.2) is 54.6 Å². The van der Waals surface area contributed by atoms with Gasteiger partial charge in [-0.3, -0.25) is 0 Å². The largest absolute Gasteiger partial charge is 0.341 e. The van der Waals surface area contributed by atoms with Crippen molar-refractivity contribution in [3.05, 3.63) is 54.6 Å². The van der Waals surface area contributed by atoms with E-state index in [0.717, 1.165) is 41.4 Å². The van der Waals surface area contributed by atoms with Gasteiger partial charge in [0.05, 0.1) is 5.52 Å². The van der Waals surface area contributed by atoms with E-state index >= 15 is 0 Å². The second-order valence-electron chi connectivity index (χ2n) is 5.57. The van der Waals surface area contributed by atoms with E-state index in [4.69, 9.17) is 9.97 Å². The van der Waals surface area contributed by atoms with Crippen LogP contribution < -0.4 is 10.2 Å². The minimum atomic E-state index is 0.828. The quantitative estimate of drug-likeness (QED) is 0.792. The second-order valence-corrected chi connectivity index (χ2v) is 5.57. The third-order valence-corrected chi connectivity index (χ3v) is 4.02. The lowest BCUT2D eigenvalue weighted by Crippen LogP contribution is -2.20. The van der Waals surface area contributed by atoms with E-state index in [1.807, 2.05) is 48.5 Å². The highest BCUT2D eigenvalue weighted by atomic mass is 15.3. The summed E-state index contributed by atoms with van der Waals surface area (Å²) in [4.78, 5) is 11.8. The highest BCUT2D eigenvalue weighted by Crippen LogP contribution is 2.27. The Morgan fingerprint density at radius 1 is 0.818 bits per heavy atom. The normalized spacial score (nSPS) is 14.5. The minimum absolute atomic E-state index is 0.828. The number of rotatable bonds is 3. The SMILES string of the molecule is c1ccc(Nc2nc(N3CCCC3)nc3ccccc23)cc1. The van der Waals surface area contributed by atoms with Crippen LogP contribution >= 0.6 is 0 Å². The summed E-state index contributed by atoms with van der Waals surface area (Å²) in [6.07, 6.45) is 2.44. The zero-order valence-corrected chi connectivity index (χ0v) is 12.4. The molecule has 4 heteroatoms. The topological polar surface area (TPSA) is 41.1 Å². The van der Waals surface area contributed by atoms with Gasteiger partial charge in [0.15, 0.2) is 0 Å². The molecule has 0 aliphatic carbocycles. The fourth-order valence-electron chi connectivity index (χ4n) is 2.88. The Morgan fingerprint density at radius 2 is 1.55 bits per heavy atom. The van der Waals surface area contributed by atoms with Crippen LogP contribution in [-0.4, -0.2) is 23.1 Å². The maximum absolute atomic E-state index is 4.78. The predicted molar refractivity (Wildman–Crippen MR) is 90.7 cm³/mol. The van der Waals surface area contributed by atoms with Crippen LogP contribution in [0.25, 0.3) is 10.9 Å². The van der Waals surface area contributed by atoms with Gasteiger partial charge in [-0.15, -0.1) is 0 Å². The molecular weight excluding hydrogens is 272 g/mol. The molecule has 1 N–H and O–H groups in total. The highest BCUT2D eigenvalue weighted by molar-refractivity contribution is 5.91. The van der Waals surface area contributed by atoms with Gasteiger partial charge in [0, 0.05) is 24.2 Å². The van der Waals surface area contributed by atoms with Crippen LogP contribution in [0.1, 0.15) is 12.8 Å². The van der Waals surface area contributed by atoms with Crippen molar-refractivity contribution in [2.24, 2.45) is 0 Å². The van der Waals surface area contributed by atoms with Crippen LogP contribution in [0.5, 0.6) is 0 Å². The third kappa shape index (κ3) is 2.48. The molecule has 0 saturated carbocycles.